The summed E-state index contributed by atoms with van der Waals surface area (Å²) in [4.78, 5) is 5.77. The van der Waals surface area contributed by atoms with Crippen LogP contribution in [0.15, 0.2) is 66.7 Å². The molecule has 0 fully saturated rings. The van der Waals surface area contributed by atoms with Crippen LogP contribution in [0.2, 0.25) is 5.02 Å². The number of thiocarbonyl (C=S) groups is 1. The number of benzene rings is 3. The summed E-state index contributed by atoms with van der Waals surface area (Å²) in [5.41, 5.74) is 5.25. The van der Waals surface area contributed by atoms with Gasteiger partial charge in [0.25, 0.3) is 0 Å². The van der Waals surface area contributed by atoms with Crippen molar-refractivity contribution in [2.75, 3.05) is 19.0 Å². The molecule has 1 aliphatic rings. The molecule has 0 amide bonds. The van der Waals surface area contributed by atoms with E-state index in [2.05, 4.69) is 27.3 Å². The minimum atomic E-state index is -0.281. The Kier molecular flexibility index (Phi) is 5.49. The zero-order chi connectivity index (χ0) is 22.2. The van der Waals surface area contributed by atoms with Crippen LogP contribution in [0.5, 0.6) is 5.75 Å². The summed E-state index contributed by atoms with van der Waals surface area (Å²) in [6.45, 7) is 0.732. The molecule has 2 N–H and O–H groups in total. The highest BCUT2D eigenvalue weighted by molar-refractivity contribution is 7.80. The van der Waals surface area contributed by atoms with Crippen LogP contribution in [-0.4, -0.2) is 28.7 Å². The van der Waals surface area contributed by atoms with Crippen LogP contribution in [0.25, 0.3) is 10.9 Å². The van der Waals surface area contributed by atoms with Crippen molar-refractivity contribution in [1.29, 1.82) is 0 Å². The highest BCUT2D eigenvalue weighted by atomic mass is 35.5. The second kappa shape index (κ2) is 8.45. The van der Waals surface area contributed by atoms with E-state index in [9.17, 15) is 4.39 Å². The molecule has 0 aliphatic carbocycles. The number of hydrogen-bond donors (Lipinski definition) is 2. The van der Waals surface area contributed by atoms with Crippen molar-refractivity contribution in [2.24, 2.45) is 0 Å². The van der Waals surface area contributed by atoms with E-state index >= 15 is 0 Å². The number of methoxy groups -OCH3 is 1. The number of aromatic nitrogens is 1. The zero-order valence-electron chi connectivity index (χ0n) is 17.4. The van der Waals surface area contributed by atoms with E-state index in [4.69, 9.17) is 28.6 Å². The molecule has 1 aromatic heterocycles. The number of ether oxygens (including phenoxy) is 1. The van der Waals surface area contributed by atoms with Gasteiger partial charge in [0.15, 0.2) is 5.11 Å². The number of anilines is 1. The number of halogens is 2. The van der Waals surface area contributed by atoms with Crippen molar-refractivity contribution in [3.63, 3.8) is 0 Å². The minimum absolute atomic E-state index is 0.115. The Balaban J connectivity index is 1.57. The Morgan fingerprint density at radius 2 is 1.88 bits per heavy atom. The Morgan fingerprint density at radius 3 is 2.59 bits per heavy atom. The number of H-pyrrole nitrogens is 1. The van der Waals surface area contributed by atoms with Crippen molar-refractivity contribution in [3.8, 4) is 5.75 Å². The fourth-order valence-corrected chi connectivity index (χ4v) is 4.83. The van der Waals surface area contributed by atoms with E-state index in [-0.39, 0.29) is 11.9 Å². The third-order valence-corrected chi connectivity index (χ3v) is 6.45. The Hall–Kier alpha value is -3.09. The maximum Gasteiger partial charge on any atom is 0.174 e. The molecule has 1 unspecified atom stereocenters. The number of nitrogens with one attached hydrogen (secondary N) is 2. The molecule has 0 bridgehead atoms. The third-order valence-electron chi connectivity index (χ3n) is 5.88. The van der Waals surface area contributed by atoms with Crippen LogP contribution in [-0.2, 0) is 6.42 Å². The van der Waals surface area contributed by atoms with Crippen molar-refractivity contribution >= 4 is 45.5 Å². The maximum atomic E-state index is 13.3. The van der Waals surface area contributed by atoms with Crippen LogP contribution in [0.3, 0.4) is 0 Å². The Morgan fingerprint density at radius 1 is 1.12 bits per heavy atom. The summed E-state index contributed by atoms with van der Waals surface area (Å²) < 4.78 is 18.7. The van der Waals surface area contributed by atoms with Crippen molar-refractivity contribution in [3.05, 3.63) is 94.4 Å². The molecule has 162 valence electrons. The molecule has 4 aromatic rings. The third kappa shape index (κ3) is 3.80. The number of hydrogen-bond acceptors (Lipinski definition) is 2. The fourth-order valence-electron chi connectivity index (χ4n) is 4.34. The predicted octanol–water partition coefficient (Wildman–Crippen LogP) is 6.31. The van der Waals surface area contributed by atoms with Crippen molar-refractivity contribution < 1.29 is 9.13 Å². The predicted molar refractivity (Wildman–Crippen MR) is 131 cm³/mol. The number of rotatable bonds is 3. The van der Waals surface area contributed by atoms with Crippen LogP contribution < -0.4 is 10.1 Å². The topological polar surface area (TPSA) is 40.3 Å². The summed E-state index contributed by atoms with van der Waals surface area (Å²) in [7, 11) is 1.66. The van der Waals surface area contributed by atoms with Gasteiger partial charge in [-0.05, 0) is 84.4 Å². The lowest BCUT2D eigenvalue weighted by atomic mass is 9.92. The molecule has 0 spiro atoms. The van der Waals surface area contributed by atoms with E-state index in [1.807, 2.05) is 30.3 Å². The molecule has 2 heterocycles. The van der Waals surface area contributed by atoms with Gasteiger partial charge in [0.2, 0.25) is 0 Å². The van der Waals surface area contributed by atoms with Gasteiger partial charge in [0.1, 0.15) is 11.6 Å². The molecule has 0 saturated heterocycles. The summed E-state index contributed by atoms with van der Waals surface area (Å²) in [5.74, 6) is 0.517. The van der Waals surface area contributed by atoms with E-state index in [0.717, 1.165) is 51.6 Å². The van der Waals surface area contributed by atoms with E-state index < -0.39 is 0 Å². The average molecular weight is 466 g/mol. The molecular weight excluding hydrogens is 445 g/mol. The molecule has 1 aliphatic heterocycles. The van der Waals surface area contributed by atoms with Gasteiger partial charge < -0.3 is 19.9 Å². The lowest BCUT2D eigenvalue weighted by Gasteiger charge is -2.38. The zero-order valence-corrected chi connectivity index (χ0v) is 18.9. The van der Waals surface area contributed by atoms with E-state index in [1.54, 1.807) is 19.2 Å². The minimum Gasteiger partial charge on any atom is -0.497 e. The summed E-state index contributed by atoms with van der Waals surface area (Å²) in [6.07, 6.45) is 0.827. The first-order valence-corrected chi connectivity index (χ1v) is 11.1. The van der Waals surface area contributed by atoms with Crippen LogP contribution in [0.4, 0.5) is 10.1 Å². The largest absolute Gasteiger partial charge is 0.497 e. The summed E-state index contributed by atoms with van der Waals surface area (Å²) in [5, 5.41) is 5.71. The lowest BCUT2D eigenvalue weighted by Crippen LogP contribution is -2.42. The van der Waals surface area contributed by atoms with Crippen molar-refractivity contribution in [1.82, 2.24) is 9.88 Å². The Bertz CT molecular complexity index is 1290. The van der Waals surface area contributed by atoms with Gasteiger partial charge in [0, 0.05) is 33.9 Å². The summed E-state index contributed by atoms with van der Waals surface area (Å²) in [6, 6.07) is 20.1. The standard InChI is InChI=1S/C25H21ClFN3OS/c1-31-19-9-2-15(3-10-19)24-23-20(21-14-16(26)4-11-22(21)29-23)12-13-30(24)25(32)28-18-7-5-17(27)6-8-18/h2-11,14,24,29H,12-13H2,1H3,(H,28,32). The van der Waals surface area contributed by atoms with Crippen LogP contribution in [0, 0.1) is 5.82 Å². The number of aromatic amines is 1. The normalized spacial score (nSPS) is 15.5. The van der Waals surface area contributed by atoms with Gasteiger partial charge in [-0.2, -0.15) is 0 Å². The molecule has 0 saturated carbocycles. The van der Waals surface area contributed by atoms with Gasteiger partial charge >= 0.3 is 0 Å². The first kappa shape index (κ1) is 20.8. The molecule has 32 heavy (non-hydrogen) atoms. The monoisotopic (exact) mass is 465 g/mol. The highest BCUT2D eigenvalue weighted by Gasteiger charge is 2.33. The smallest absolute Gasteiger partial charge is 0.174 e. The van der Waals surface area contributed by atoms with Gasteiger partial charge in [-0.1, -0.05) is 23.7 Å². The van der Waals surface area contributed by atoms with Gasteiger partial charge in [-0.15, -0.1) is 0 Å². The maximum absolute atomic E-state index is 13.3. The number of fused-ring (bicyclic) bond motifs is 3. The number of nitrogens with zero attached hydrogens (tertiary/aromatic N) is 1. The SMILES string of the molecule is COc1ccc(C2c3[nH]c4ccc(Cl)cc4c3CCN2C(=S)Nc2ccc(F)cc2)cc1. The quantitative estimate of drug-likeness (QED) is 0.348. The molecular formula is C25H21ClFN3OS. The lowest BCUT2D eigenvalue weighted by molar-refractivity contribution is 0.339. The molecule has 1 atom stereocenters. The van der Waals surface area contributed by atoms with E-state index in [0.29, 0.717) is 5.11 Å². The van der Waals surface area contributed by atoms with Gasteiger partial charge in [-0.3, -0.25) is 0 Å². The van der Waals surface area contributed by atoms with Gasteiger partial charge in [0.05, 0.1) is 13.2 Å². The molecule has 7 heteroatoms. The molecule has 3 aromatic carbocycles. The molecule has 4 nitrogen and oxygen atoms in total. The molecule has 5 rings (SSSR count). The summed E-state index contributed by atoms with van der Waals surface area (Å²) >= 11 is 12.1. The second-order valence-corrected chi connectivity index (χ2v) is 8.59. The first-order chi connectivity index (χ1) is 15.5. The van der Waals surface area contributed by atoms with Crippen molar-refractivity contribution in [2.45, 2.75) is 12.5 Å². The van der Waals surface area contributed by atoms with Crippen LogP contribution in [0.1, 0.15) is 22.9 Å². The first-order valence-electron chi connectivity index (χ1n) is 10.3. The highest BCUT2D eigenvalue weighted by Crippen LogP contribution is 2.39. The van der Waals surface area contributed by atoms with Gasteiger partial charge in [-0.25, -0.2) is 4.39 Å². The average Bonchev–Trinajstić information content (AvgIpc) is 3.18. The van der Waals surface area contributed by atoms with E-state index in [1.165, 1.54) is 17.7 Å². The second-order valence-electron chi connectivity index (χ2n) is 7.76. The Labute approximate surface area is 196 Å². The van der Waals surface area contributed by atoms with Crippen LogP contribution >= 0.6 is 23.8 Å². The fraction of sp³-hybridized carbons (Fsp3) is 0.160. The molecule has 0 radical (unpaired) electrons.